The molecule has 16 aliphatic carbocycles. The molecule has 0 radical (unpaired) electrons. The van der Waals surface area contributed by atoms with E-state index in [4.69, 9.17) is 9.47 Å². The van der Waals surface area contributed by atoms with E-state index in [0.29, 0.717) is 75.0 Å². The van der Waals surface area contributed by atoms with Crippen LogP contribution in [0.25, 0.3) is 0 Å². The van der Waals surface area contributed by atoms with Gasteiger partial charge in [-0.3, -0.25) is 0 Å². The van der Waals surface area contributed by atoms with Crippen LogP contribution in [0.15, 0.2) is 103 Å². The Balaban J connectivity index is 0.837. The second kappa shape index (κ2) is 21.6. The number of hydrogen-bond donors (Lipinski definition) is 6. The number of fused-ring (bicyclic) bond motifs is 9. The predicted octanol–water partition coefficient (Wildman–Crippen LogP) is 12.7. The number of carbonyl (C=O) groups is 2. The van der Waals surface area contributed by atoms with Gasteiger partial charge in [-0.1, -0.05) is 104 Å². The van der Waals surface area contributed by atoms with E-state index in [1.807, 2.05) is 19.2 Å². The largest absolute Gasteiger partial charge is 0.454 e. The summed E-state index contributed by atoms with van der Waals surface area (Å²) in [5, 5.41) is 77.4. The molecule has 4 aromatic rings. The van der Waals surface area contributed by atoms with Gasteiger partial charge < -0.3 is 45.1 Å². The molecule has 510 valence electrons. The molecule has 1 saturated heterocycles. The maximum Gasteiger partial charge on any atom is 0.331 e. The third kappa shape index (κ3) is 8.13. The summed E-state index contributed by atoms with van der Waals surface area (Å²) < 4.78 is 15.0. The second-order valence-corrected chi connectivity index (χ2v) is 36.7. The molecule has 3 aliphatic heterocycles. The summed E-state index contributed by atoms with van der Waals surface area (Å²) in [6, 6.07) is 34.3. The van der Waals surface area contributed by atoms with Gasteiger partial charge in [-0.25, -0.2) is 4.79 Å². The van der Waals surface area contributed by atoms with Crippen LogP contribution >= 0.6 is 0 Å². The van der Waals surface area contributed by atoms with Crippen molar-refractivity contribution in [3.05, 3.63) is 153 Å². The molecule has 19 aliphatic rings. The number of nitrogens with one attached hydrogen (secondary N) is 1. The minimum absolute atomic E-state index is 0.0726. The van der Waals surface area contributed by atoms with Gasteiger partial charge in [-0.05, 0) is 301 Å². The molecule has 10 heteroatoms. The van der Waals surface area contributed by atoms with Gasteiger partial charge in [-0.2, -0.15) is 0 Å². The van der Waals surface area contributed by atoms with Gasteiger partial charge in [0.15, 0.2) is 0 Å². The first-order valence-corrected chi connectivity index (χ1v) is 39.1. The first-order chi connectivity index (χ1) is 47.0. The van der Waals surface area contributed by atoms with Crippen molar-refractivity contribution >= 4 is 12.3 Å². The highest BCUT2D eigenvalue weighted by atomic mass is 16.5. The van der Waals surface area contributed by atoms with Crippen molar-refractivity contribution in [2.45, 2.75) is 234 Å². The van der Waals surface area contributed by atoms with E-state index >= 15 is 20.1 Å². The third-order valence-corrected chi connectivity index (χ3v) is 33.7. The summed E-state index contributed by atoms with van der Waals surface area (Å²) in [5.74, 6) is 7.18. The standard InChI is InChI=1S/C87H103NO9/c1-49-58-16-15-55(34-58)32-51-8-4-10-54(31-51)36-73-65-22-27-81-26-21-61-37-64(81)40-70(65)84(81)47-83(48-90)74-23-28-82-46-80(24-19-56(43-80)33-52-9-3-7-50(29-52)30-53-11-5-13-60(61)35-53)25-20-57-12-6-14-62(45-89)66(57)41-72(88-2)67-38-63(76(82)68-42-75(91)97-77(67)68)44-85(82,93)87(74,95)78(92)71-39-59(49)17-18-69(79(84)96-73)86(71,83)94/h3-14,29,31,35,42,48-49,55-56,58-59,61,63-65,67,69-74,76-79,88-89,92-95H,15-19,21-24,26-28,30,32-34,36-41,43-47H2,1-2H3. The minimum atomic E-state index is -2.27. The summed E-state index contributed by atoms with van der Waals surface area (Å²) in [5.41, 5.74) is 1.66. The van der Waals surface area contributed by atoms with E-state index in [1.54, 1.807) is 6.08 Å². The normalized spacial score (nSPS) is 49.5. The predicted molar refractivity (Wildman–Crippen MR) is 369 cm³/mol. The summed E-state index contributed by atoms with van der Waals surface area (Å²) in [7, 11) is 1.98. The fraction of sp³-hybridized carbons (Fsp3) is 0.655. The molecule has 12 fully saturated rings. The summed E-state index contributed by atoms with van der Waals surface area (Å²) in [6.45, 7) is 2.33. The Morgan fingerprint density at radius 2 is 1.41 bits per heavy atom. The molecule has 6 N–H and O–H groups in total. The second-order valence-electron chi connectivity index (χ2n) is 36.7. The smallest absolute Gasteiger partial charge is 0.331 e. The zero-order valence-corrected chi connectivity index (χ0v) is 57.3. The van der Waals surface area contributed by atoms with Gasteiger partial charge in [0.1, 0.15) is 23.6 Å². The van der Waals surface area contributed by atoms with Crippen molar-refractivity contribution in [3.8, 4) is 11.8 Å². The number of benzene rings is 4. The van der Waals surface area contributed by atoms with E-state index in [9.17, 15) is 15.0 Å². The lowest BCUT2D eigenvalue weighted by molar-refractivity contribution is -0.405. The quantitative estimate of drug-likeness (QED) is 0.0661. The third-order valence-electron chi connectivity index (χ3n) is 33.7. The Hall–Kier alpha value is -4.96. The van der Waals surface area contributed by atoms with E-state index in [-0.39, 0.29) is 84.1 Å². The molecule has 28 unspecified atom stereocenters. The van der Waals surface area contributed by atoms with Crippen molar-refractivity contribution in [2.75, 3.05) is 7.05 Å². The minimum Gasteiger partial charge on any atom is -0.454 e. The molecule has 3 heterocycles. The number of esters is 1. The fourth-order valence-electron chi connectivity index (χ4n) is 30.3. The maximum atomic E-state index is 16.5. The van der Waals surface area contributed by atoms with Crippen LogP contribution in [0.3, 0.4) is 0 Å². The van der Waals surface area contributed by atoms with E-state index in [1.165, 1.54) is 46.1 Å². The highest BCUT2D eigenvalue weighted by Gasteiger charge is 2.90. The number of aliphatic hydroxyl groups is 5. The van der Waals surface area contributed by atoms with Gasteiger partial charge in [0.25, 0.3) is 0 Å². The molecule has 10 nitrogen and oxygen atoms in total. The Labute approximate surface area is 574 Å². The zero-order valence-electron chi connectivity index (χ0n) is 57.3. The first-order valence-electron chi connectivity index (χ1n) is 39.1. The summed E-state index contributed by atoms with van der Waals surface area (Å²) in [4.78, 5) is 31.0. The zero-order chi connectivity index (χ0) is 65.5. The highest BCUT2D eigenvalue weighted by molar-refractivity contribution is 5.86. The monoisotopic (exact) mass is 1310 g/mol. The lowest BCUT2D eigenvalue weighted by Gasteiger charge is -2.78. The lowest BCUT2D eigenvalue weighted by Crippen LogP contribution is -2.88. The van der Waals surface area contributed by atoms with Crippen LogP contribution in [0.5, 0.6) is 0 Å². The summed E-state index contributed by atoms with van der Waals surface area (Å²) in [6.07, 6.45) is 21.0. The van der Waals surface area contributed by atoms with Crippen molar-refractivity contribution < 1.29 is 44.6 Å². The van der Waals surface area contributed by atoms with Gasteiger partial charge in [0.2, 0.25) is 0 Å². The first kappa shape index (κ1) is 61.9. The molecule has 0 amide bonds. The Morgan fingerprint density at radius 3 is 2.24 bits per heavy atom. The molecular formula is C87H103NO9. The van der Waals surface area contributed by atoms with Gasteiger partial charge >= 0.3 is 5.97 Å². The molecule has 4 aromatic carbocycles. The topological polar surface area (TPSA) is 166 Å². The Kier molecular flexibility index (Phi) is 13.7. The molecule has 27 bridgehead atoms. The van der Waals surface area contributed by atoms with Crippen LogP contribution in [0.1, 0.15) is 198 Å². The summed E-state index contributed by atoms with van der Waals surface area (Å²) >= 11 is 0. The van der Waals surface area contributed by atoms with Gasteiger partial charge in [0, 0.05) is 57.6 Å². The highest BCUT2D eigenvalue weighted by Crippen LogP contribution is 2.86. The van der Waals surface area contributed by atoms with Gasteiger partial charge in [-0.15, -0.1) is 0 Å². The van der Waals surface area contributed by atoms with Crippen LogP contribution in [-0.2, 0) is 57.8 Å². The molecule has 0 aromatic heterocycles. The Bertz CT molecular complexity index is 4020. The average molecular weight is 1310 g/mol. The number of ether oxygens (including phenoxy) is 2. The number of hydrogen-bond acceptors (Lipinski definition) is 10. The van der Waals surface area contributed by atoms with Crippen LogP contribution in [0.2, 0.25) is 0 Å². The number of likely N-dealkylation sites (N-methyl/N-ethyl adjacent to an activating group) is 1. The molecular weight excluding hydrogens is 1200 g/mol. The number of carbonyl (C=O) groups excluding carboxylic acids is 2. The SMILES string of the molecule is CNC1Cc2c(cccc2CO)C#CC23CCC(Cc4cccc(c4)Cc4cccc(c4)C4CCC56CCC7C8Cc9cccc(c9)CC9CCC(C9)C(C)C9CCC%10C(O8)C5(CC5(C=O)C8CCC%11(C2)C2C%12=CC(=O)OC%12C1CC2CC%11(O)C8(O)C(O)C(C9)C%105O)C7CC6C4)C3. The Morgan fingerprint density at radius 1 is 0.670 bits per heavy atom. The molecule has 4 spiro atoms. The fourth-order valence-corrected chi connectivity index (χ4v) is 30.3. The van der Waals surface area contributed by atoms with Crippen LogP contribution < -0.4 is 5.32 Å². The molecule has 28 atom stereocenters. The van der Waals surface area contributed by atoms with Crippen LogP contribution in [-0.4, -0.2) is 92.1 Å². The number of aliphatic hydroxyl groups excluding tert-OH is 2. The maximum absolute atomic E-state index is 16.5. The molecule has 97 heavy (non-hydrogen) atoms. The van der Waals surface area contributed by atoms with Gasteiger partial charge in [0.05, 0.1) is 35.9 Å². The van der Waals surface area contributed by atoms with Crippen LogP contribution in [0.4, 0.5) is 0 Å². The molecule has 23 rings (SSSR count). The van der Waals surface area contributed by atoms with Crippen molar-refractivity contribution in [1.29, 1.82) is 0 Å². The van der Waals surface area contributed by atoms with Crippen molar-refractivity contribution in [1.82, 2.24) is 5.32 Å². The number of rotatable bonds is 3. The van der Waals surface area contributed by atoms with Crippen LogP contribution in [0, 0.1) is 122 Å². The lowest BCUT2D eigenvalue weighted by atomic mass is 9.29. The average Bonchev–Trinajstić information content (AvgIpc) is 1.61. The van der Waals surface area contributed by atoms with Crippen molar-refractivity contribution in [2.24, 2.45) is 110 Å². The molecule has 11 saturated carbocycles. The van der Waals surface area contributed by atoms with E-state index in [2.05, 4.69) is 103 Å². The van der Waals surface area contributed by atoms with E-state index in [0.717, 1.165) is 125 Å². The van der Waals surface area contributed by atoms with E-state index < -0.39 is 74.3 Å². The van der Waals surface area contributed by atoms with Crippen molar-refractivity contribution in [3.63, 3.8) is 0 Å². The number of aldehydes is 1.